The Morgan fingerprint density at radius 1 is 0.793 bits per heavy atom. The first kappa shape index (κ1) is 83.4. The third-order valence-electron chi connectivity index (χ3n) is 24.9. The number of fused-ring (bicyclic) bond motifs is 7. The second kappa shape index (κ2) is 37.0. The van der Waals surface area contributed by atoms with Crippen molar-refractivity contribution in [2.75, 3.05) is 109 Å². The fraction of sp³-hybridized carbons (Fsp3) is 0.590. The Labute approximate surface area is 649 Å². The summed E-state index contributed by atoms with van der Waals surface area (Å²) in [5, 5.41) is 33.9. The van der Waals surface area contributed by atoms with Crippen molar-refractivity contribution < 1.29 is 71.9 Å². The molecule has 7 aliphatic rings. The first-order valence-corrected chi connectivity index (χ1v) is 42.3. The number of nitrogens with zero attached hydrogens (tertiary/aromatic N) is 6. The first-order chi connectivity index (χ1) is 53.5. The summed E-state index contributed by atoms with van der Waals surface area (Å²) in [5.41, 5.74) is 10.9. The van der Waals surface area contributed by atoms with Crippen LogP contribution in [0.1, 0.15) is 174 Å². The number of methoxy groups -OCH3 is 1. The second-order valence-corrected chi connectivity index (χ2v) is 35.9. The van der Waals surface area contributed by atoms with Crippen LogP contribution in [0.3, 0.4) is 0 Å². The first-order valence-electron chi connectivity index (χ1n) is 39.8. The minimum atomic E-state index is -2.67. The molecule has 3 aromatic carbocycles. The van der Waals surface area contributed by atoms with E-state index < -0.39 is 59.4 Å². The van der Waals surface area contributed by atoms with Crippen molar-refractivity contribution in [3.05, 3.63) is 129 Å². The maximum Gasteiger partial charge on any atom is 0.373 e. The minimum Gasteiger partial charge on any atom is -0.467 e. The van der Waals surface area contributed by atoms with Gasteiger partial charge in [-0.25, -0.2) is 14.8 Å². The number of likely N-dealkylation sites (N-methyl/N-ethyl adjacent to an activating group) is 1. The summed E-state index contributed by atoms with van der Waals surface area (Å²) < 4.78 is 31.2. The number of rotatable bonds is 33. The molecule has 3 saturated heterocycles. The lowest BCUT2D eigenvalue weighted by Gasteiger charge is -2.65. The summed E-state index contributed by atoms with van der Waals surface area (Å²) in [6.45, 7) is 16.4. The van der Waals surface area contributed by atoms with E-state index in [0.717, 1.165) is 119 Å². The molecule has 28 heteroatoms. The Hall–Kier alpha value is -8.50. The largest absolute Gasteiger partial charge is 0.467 e. The minimum absolute atomic E-state index is 0.0269. The van der Waals surface area contributed by atoms with E-state index in [1.54, 1.807) is 24.3 Å². The number of esters is 1. The molecule has 4 fully saturated rings. The van der Waals surface area contributed by atoms with Gasteiger partial charge < -0.3 is 59.8 Å². The number of carbonyl (C=O) groups excluding carboxylic acids is 8. The normalized spacial score (nSPS) is 26.0. The number of benzene rings is 3. The lowest BCUT2D eigenvalue weighted by Crippen LogP contribution is -2.82. The molecule has 13 rings (SSSR count). The lowest BCUT2D eigenvalue weighted by atomic mass is 9.47. The van der Waals surface area contributed by atoms with Crippen LogP contribution in [0.5, 0.6) is 0 Å². The summed E-state index contributed by atoms with van der Waals surface area (Å²) in [6.07, 6.45) is 18.7. The van der Waals surface area contributed by atoms with Crippen LogP contribution in [0.2, 0.25) is 18.1 Å². The number of para-hydroxylation sites is 1. The standard InChI is InChI=1S/C81H111N11O12Si.2CO2/c1-7-78(98)49-55-48-77(4,68-62(30-35-91(52-55)53-78)61-24-10-11-25-65(61)87-68)63-47-64-66(46-54(63)3)90(5)73-80(64)32-36-92-34-19-31-79(8-2,72(80)92)74(81(73,99)75(97)100-6)104-105(43-13-9-14-44-105)45-15-12-20-59(93)22-17-37-101-39-41-103-42-40-102-38-18-23-60(94)21-16-33-83-70(95)56-26-28-57(29-27-56)84-50-58-51-85-69-67(86-58)71(96)89-76(82)88-69;2*2-1-3/h10-11,19,24-29,31,46-47,51,55,72-74,84,87,98-99H,7-9,12-18,20-23,30,32-45,48-50,52-53H2,1-6H3,(H,83,95)(H3,82,85,88,89,96);;/t55?,72-,73+,74+,77+,78-,79+,80+,81-;;/m0../s1. The highest BCUT2D eigenvalue weighted by atomic mass is 28.4. The van der Waals surface area contributed by atoms with Crippen molar-refractivity contribution in [2.45, 2.75) is 208 Å². The van der Waals surface area contributed by atoms with Crippen LogP contribution in [0.15, 0.2) is 83.8 Å². The SMILES string of the molecule is CC[C@]1(O)CC2CN(CCc3c([nH]c4ccccc34)[C@@](C)(c3cc4c(cc3C)N(C)[C@H]3[C@@](O)(C(=O)OC)[C@H](O[Si]5(CCCCC(=O)CCCOCCOCCOCCCC(=O)CCCNC(=O)c6ccc(NCc7cnc8nc(N)[nH]c(=O)c8n7)cc6)CCCCC5)[C@]5(CC)C=CCN6CC[C@]43[C@@H]65)C2)C1.O=C=O.O=C=O. The Morgan fingerprint density at radius 3 is 2.15 bits per heavy atom. The molecule has 3 aromatic heterocycles. The van der Waals surface area contributed by atoms with Crippen LogP contribution < -0.4 is 26.8 Å². The number of aliphatic hydroxyl groups is 2. The van der Waals surface area contributed by atoms with Gasteiger partial charge in [0.1, 0.15) is 11.6 Å². The molecule has 9 heterocycles. The van der Waals surface area contributed by atoms with E-state index in [4.69, 9.17) is 48.3 Å². The highest BCUT2D eigenvalue weighted by molar-refractivity contribution is 6.74. The number of aromatic nitrogens is 5. The van der Waals surface area contributed by atoms with Crippen LogP contribution in [0.4, 0.5) is 17.3 Å². The van der Waals surface area contributed by atoms with Gasteiger partial charge in [0.25, 0.3) is 11.5 Å². The van der Waals surface area contributed by atoms with Gasteiger partial charge in [-0.3, -0.25) is 34.0 Å². The topological polar surface area (TPSA) is 370 Å². The van der Waals surface area contributed by atoms with Crippen LogP contribution in [0, 0.1) is 18.3 Å². The van der Waals surface area contributed by atoms with Gasteiger partial charge in [0.05, 0.1) is 69.7 Å². The maximum absolute atomic E-state index is 15.4. The number of aromatic amines is 2. The van der Waals surface area contributed by atoms with Gasteiger partial charge in [-0.2, -0.15) is 24.2 Å². The zero-order chi connectivity index (χ0) is 79.1. The van der Waals surface area contributed by atoms with Gasteiger partial charge in [0, 0.05) is 134 Å². The summed E-state index contributed by atoms with van der Waals surface area (Å²) in [7, 11) is 0.852. The van der Waals surface area contributed by atoms with E-state index in [-0.39, 0.29) is 58.8 Å². The highest BCUT2D eigenvalue weighted by Crippen LogP contribution is 2.68. The molecule has 8 N–H and O–H groups in total. The van der Waals surface area contributed by atoms with Crippen LogP contribution in [-0.2, 0) is 80.7 Å². The van der Waals surface area contributed by atoms with Crippen molar-refractivity contribution in [3.8, 4) is 0 Å². The van der Waals surface area contributed by atoms with Gasteiger partial charge in [0.15, 0.2) is 19.5 Å². The molecule has 2 bridgehead atoms. The van der Waals surface area contributed by atoms with E-state index in [9.17, 15) is 29.4 Å². The number of unbranched alkanes of at least 4 members (excludes halogenated alkanes) is 1. The number of H-pyrrole nitrogens is 2. The molecule has 2 unspecified atom stereocenters. The van der Waals surface area contributed by atoms with Crippen molar-refractivity contribution in [1.82, 2.24) is 40.0 Å². The van der Waals surface area contributed by atoms with Gasteiger partial charge in [-0.05, 0) is 167 Å². The van der Waals surface area contributed by atoms with Crippen molar-refractivity contribution in [2.24, 2.45) is 11.3 Å². The smallest absolute Gasteiger partial charge is 0.373 e. The fourth-order valence-electron chi connectivity index (χ4n) is 20.1. The third-order valence-corrected chi connectivity index (χ3v) is 29.4. The molecule has 0 radical (unpaired) electrons. The Bertz CT molecular complexity index is 4410. The number of nitrogens with one attached hydrogen (secondary N) is 4. The summed E-state index contributed by atoms with van der Waals surface area (Å²) in [5.74, 6) is -0.303. The molecular formula is C83H111N11O16Si. The van der Waals surface area contributed by atoms with Crippen molar-refractivity contribution in [3.63, 3.8) is 0 Å². The monoisotopic (exact) mass is 1550 g/mol. The molecule has 111 heavy (non-hydrogen) atoms. The average molecular weight is 1550 g/mol. The van der Waals surface area contributed by atoms with Gasteiger partial charge in [-0.1, -0.05) is 75.9 Å². The molecule has 598 valence electrons. The highest BCUT2D eigenvalue weighted by Gasteiger charge is 2.80. The molecule has 10 atom stereocenters. The molecule has 1 amide bonds. The average Bonchev–Trinajstić information content (AvgIpc) is 1.47. The lowest BCUT2D eigenvalue weighted by molar-refractivity contribution is -0.214. The summed E-state index contributed by atoms with van der Waals surface area (Å²) in [4.78, 5) is 125. The van der Waals surface area contributed by atoms with Crippen LogP contribution in [0.25, 0.3) is 22.1 Å². The molecule has 1 spiro atoms. The number of aryl methyl sites for hydroxylation is 1. The van der Waals surface area contributed by atoms with Crippen molar-refractivity contribution in [1.29, 1.82) is 0 Å². The van der Waals surface area contributed by atoms with Crippen molar-refractivity contribution >= 4 is 83.5 Å². The number of ether oxygens (including phenoxy) is 4. The van der Waals surface area contributed by atoms with Crippen LogP contribution >= 0.6 is 0 Å². The maximum atomic E-state index is 15.4. The molecule has 1 aliphatic carbocycles. The third kappa shape index (κ3) is 17.8. The van der Waals surface area contributed by atoms with Crippen LogP contribution in [-0.4, -0.2) is 211 Å². The van der Waals surface area contributed by atoms with Gasteiger partial charge in [-0.15, -0.1) is 0 Å². The number of anilines is 3. The predicted molar refractivity (Wildman–Crippen MR) is 418 cm³/mol. The molecule has 1 saturated carbocycles. The second-order valence-electron chi connectivity index (χ2n) is 31.8. The zero-order valence-corrected chi connectivity index (χ0v) is 66.2. The number of amides is 1. The molecule has 27 nitrogen and oxygen atoms in total. The molecule has 6 aromatic rings. The fourth-order valence-corrected chi connectivity index (χ4v) is 24.8. The number of nitrogens with two attached hydrogens (primary N) is 1. The quantitative estimate of drug-likeness (QED) is 0.00874. The zero-order valence-electron chi connectivity index (χ0n) is 65.2. The summed E-state index contributed by atoms with van der Waals surface area (Å²) in [6, 6.07) is 22.6. The van der Waals surface area contributed by atoms with E-state index >= 15 is 4.79 Å². The van der Waals surface area contributed by atoms with E-state index in [2.05, 4.69) is 134 Å². The Kier molecular flexibility index (Phi) is 27.8. The van der Waals surface area contributed by atoms with E-state index in [1.807, 2.05) is 0 Å². The number of piperidine rings is 1. The summed E-state index contributed by atoms with van der Waals surface area (Å²) >= 11 is 0. The van der Waals surface area contributed by atoms with Gasteiger partial charge in [0.2, 0.25) is 11.5 Å². The number of hydrogen-bond acceptors (Lipinski definition) is 24. The molecular weight excluding hydrogens is 1440 g/mol. The number of nitrogen functional groups attached to an aromatic ring is 1. The number of Topliss-reactive ketones (excluding diaryl/α,β-unsaturated/α-hetero) is 2. The van der Waals surface area contributed by atoms with Gasteiger partial charge >= 0.3 is 18.3 Å². The Morgan fingerprint density at radius 2 is 1.47 bits per heavy atom. The van der Waals surface area contributed by atoms with E-state index in [1.165, 1.54) is 46.6 Å². The molecule has 6 aliphatic heterocycles. The Balaban J connectivity index is 0.00000197. The predicted octanol–water partition coefficient (Wildman–Crippen LogP) is 8.90. The number of ketones is 2. The number of carbonyl (C=O) groups is 4. The van der Waals surface area contributed by atoms with E-state index in [0.29, 0.717) is 128 Å². The number of hydrogen-bond donors (Lipinski definition) is 7.